The minimum absolute atomic E-state index is 0.132. The van der Waals surface area contributed by atoms with Gasteiger partial charge in [0.25, 0.3) is 5.56 Å². The van der Waals surface area contributed by atoms with E-state index >= 15 is 0 Å². The number of rotatable bonds is 10. The van der Waals surface area contributed by atoms with Crippen LogP contribution in [0.25, 0.3) is 28.2 Å². The zero-order valence-electron chi connectivity index (χ0n) is 21.9. The largest absolute Gasteiger partial charge is 0.269 e. The Labute approximate surface area is 227 Å². The fourth-order valence-electron chi connectivity index (χ4n) is 4.36. The molecule has 4 aromatic rings. The van der Waals surface area contributed by atoms with Gasteiger partial charge in [0.15, 0.2) is 0 Å². The Morgan fingerprint density at radius 2 is 1.87 bits per heavy atom. The molecule has 4 rings (SSSR count). The van der Waals surface area contributed by atoms with E-state index < -0.39 is 0 Å². The molecule has 0 aliphatic heterocycles. The van der Waals surface area contributed by atoms with Crippen LogP contribution in [0.2, 0.25) is 0 Å². The molecular formula is C30H31ClN6O. The van der Waals surface area contributed by atoms with Crippen LogP contribution in [0.5, 0.6) is 0 Å². The maximum Gasteiger partial charge on any atom is 0.261 e. The molecule has 2 heterocycles. The summed E-state index contributed by atoms with van der Waals surface area (Å²) in [7, 11) is 0. The molecule has 0 unspecified atom stereocenters. The molecule has 194 valence electrons. The first-order chi connectivity index (χ1) is 18.4. The molecule has 0 aliphatic rings. The van der Waals surface area contributed by atoms with Gasteiger partial charge in [0, 0.05) is 17.5 Å². The second-order valence-corrected chi connectivity index (χ2v) is 9.38. The summed E-state index contributed by atoms with van der Waals surface area (Å²) in [5, 5.41) is 14.9. The van der Waals surface area contributed by atoms with Gasteiger partial charge in [0.05, 0.1) is 16.4 Å². The number of nitrogens with zero attached hydrogens (tertiary/aromatic N) is 5. The average molecular weight is 527 g/mol. The fourth-order valence-corrected chi connectivity index (χ4v) is 4.52. The third kappa shape index (κ3) is 5.89. The highest BCUT2D eigenvalue weighted by Crippen LogP contribution is 2.30. The highest BCUT2D eigenvalue weighted by Gasteiger charge is 2.18. The van der Waals surface area contributed by atoms with Gasteiger partial charge >= 0.3 is 0 Å². The van der Waals surface area contributed by atoms with Crippen LogP contribution < -0.4 is 5.56 Å². The smallest absolute Gasteiger partial charge is 0.261 e. The Hall–Kier alpha value is -4.10. The van der Waals surface area contributed by atoms with Crippen molar-refractivity contribution < 1.29 is 0 Å². The Balaban J connectivity index is 1.71. The van der Waals surface area contributed by atoms with Gasteiger partial charge in [0.2, 0.25) is 5.82 Å². The second-order valence-electron chi connectivity index (χ2n) is 8.97. The van der Waals surface area contributed by atoms with Gasteiger partial charge in [-0.15, -0.1) is 10.2 Å². The number of hydrogen-bond acceptors (Lipinski definition) is 5. The molecule has 1 N–H and O–H groups in total. The lowest BCUT2D eigenvalue weighted by Crippen LogP contribution is -2.29. The normalized spacial score (nSPS) is 11.8. The molecule has 38 heavy (non-hydrogen) atoms. The van der Waals surface area contributed by atoms with E-state index in [-0.39, 0.29) is 5.56 Å². The number of aromatic amines is 1. The third-order valence-corrected chi connectivity index (χ3v) is 6.68. The van der Waals surface area contributed by atoms with Crippen molar-refractivity contribution in [1.29, 1.82) is 0 Å². The molecule has 0 bridgehead atoms. The number of nitrogens with one attached hydrogen (secondary N) is 1. The van der Waals surface area contributed by atoms with Crippen LogP contribution in [0, 0.1) is 6.92 Å². The molecular weight excluding hydrogens is 496 g/mol. The van der Waals surface area contributed by atoms with Crippen molar-refractivity contribution >= 4 is 17.3 Å². The summed E-state index contributed by atoms with van der Waals surface area (Å²) < 4.78 is 1.52. The van der Waals surface area contributed by atoms with Crippen LogP contribution in [-0.4, -0.2) is 30.2 Å². The van der Waals surface area contributed by atoms with Crippen LogP contribution in [0.1, 0.15) is 49.3 Å². The molecule has 0 spiro atoms. The van der Waals surface area contributed by atoms with Gasteiger partial charge in [-0.05, 0) is 54.7 Å². The van der Waals surface area contributed by atoms with Crippen molar-refractivity contribution in [2.75, 3.05) is 0 Å². The van der Waals surface area contributed by atoms with E-state index in [2.05, 4.69) is 46.3 Å². The van der Waals surface area contributed by atoms with Gasteiger partial charge < -0.3 is 0 Å². The predicted octanol–water partition coefficient (Wildman–Crippen LogP) is 6.50. The van der Waals surface area contributed by atoms with Crippen molar-refractivity contribution in [3.05, 3.63) is 111 Å². The van der Waals surface area contributed by atoms with E-state index in [0.717, 1.165) is 47.2 Å². The van der Waals surface area contributed by atoms with Crippen molar-refractivity contribution in [3.8, 4) is 22.5 Å². The number of aryl methyl sites for hydroxylation is 2. The molecule has 0 atom stereocenters. The fraction of sp³-hybridized carbons (Fsp3) is 0.233. The zero-order valence-corrected chi connectivity index (χ0v) is 22.7. The van der Waals surface area contributed by atoms with E-state index in [9.17, 15) is 4.79 Å². The van der Waals surface area contributed by atoms with Gasteiger partial charge in [0.1, 0.15) is 5.82 Å². The Kier molecular flexibility index (Phi) is 8.81. The van der Waals surface area contributed by atoms with Gasteiger partial charge in [-0.2, -0.15) is 5.21 Å². The third-order valence-electron chi connectivity index (χ3n) is 6.34. The highest BCUT2D eigenvalue weighted by molar-refractivity contribution is 6.35. The van der Waals surface area contributed by atoms with Gasteiger partial charge in [-0.1, -0.05) is 92.2 Å². The van der Waals surface area contributed by atoms with E-state index in [1.165, 1.54) is 4.57 Å². The van der Waals surface area contributed by atoms with Crippen molar-refractivity contribution in [1.82, 2.24) is 30.2 Å². The Bertz CT molecular complexity index is 1530. The maximum absolute atomic E-state index is 13.8. The quantitative estimate of drug-likeness (QED) is 0.238. The van der Waals surface area contributed by atoms with E-state index in [4.69, 9.17) is 16.6 Å². The SMILES string of the molecule is C=C(/C(Cl)=C\C=C/C)n1c(C)nc(CCCC)c(Cc2ccc(-c3ccccc3-c3nn[nH]n3)cc2)c1=O. The molecule has 0 aliphatic carbocycles. The number of H-pyrrole nitrogens is 1. The molecule has 0 saturated carbocycles. The number of allylic oxidation sites excluding steroid dienone is 5. The second kappa shape index (κ2) is 12.4. The minimum Gasteiger partial charge on any atom is -0.269 e. The standard InChI is InChI=1S/C30H31ClN6O/c1-5-7-13-27(31)20(3)37-21(4)32-28(14-8-6-2)26(30(37)38)19-22-15-17-23(18-16-22)24-11-9-10-12-25(24)29-33-35-36-34-29/h5,7,9-13,15-18H,3,6,8,14,19H2,1-2,4H3,(H,33,34,35,36)/b7-5-,27-13+. The molecule has 2 aromatic carbocycles. The number of hydrogen-bond donors (Lipinski definition) is 1. The number of aromatic nitrogens is 6. The molecule has 2 aromatic heterocycles. The number of benzene rings is 2. The highest BCUT2D eigenvalue weighted by atomic mass is 35.5. The lowest BCUT2D eigenvalue weighted by molar-refractivity contribution is 0.738. The Morgan fingerprint density at radius 3 is 2.53 bits per heavy atom. The number of tetrazole rings is 1. The molecule has 8 heteroatoms. The molecule has 7 nitrogen and oxygen atoms in total. The number of unbranched alkanes of at least 4 members (excludes halogenated alkanes) is 1. The summed E-state index contributed by atoms with van der Waals surface area (Å²) in [6.07, 6.45) is 8.59. The van der Waals surface area contributed by atoms with Crippen molar-refractivity contribution in [2.24, 2.45) is 0 Å². The van der Waals surface area contributed by atoms with Gasteiger partial charge in [-0.25, -0.2) is 4.98 Å². The van der Waals surface area contributed by atoms with Crippen molar-refractivity contribution in [3.63, 3.8) is 0 Å². The first kappa shape index (κ1) is 26.9. The molecule has 0 saturated heterocycles. The number of halogens is 1. The lowest BCUT2D eigenvalue weighted by Gasteiger charge is -2.17. The lowest BCUT2D eigenvalue weighted by atomic mass is 9.96. The predicted molar refractivity (Wildman–Crippen MR) is 154 cm³/mol. The topological polar surface area (TPSA) is 89.3 Å². The van der Waals surface area contributed by atoms with Crippen LogP contribution in [0.15, 0.2) is 83.2 Å². The van der Waals surface area contributed by atoms with Gasteiger partial charge in [-0.3, -0.25) is 9.36 Å². The summed E-state index contributed by atoms with van der Waals surface area (Å²) in [6.45, 7) is 9.94. The van der Waals surface area contributed by atoms with Crippen LogP contribution in [-0.2, 0) is 12.8 Å². The van der Waals surface area contributed by atoms with E-state index in [1.54, 1.807) is 6.08 Å². The van der Waals surface area contributed by atoms with Crippen molar-refractivity contribution in [2.45, 2.75) is 46.5 Å². The minimum atomic E-state index is -0.132. The van der Waals surface area contributed by atoms with Crippen LogP contribution in [0.3, 0.4) is 0 Å². The molecule has 0 fully saturated rings. The summed E-state index contributed by atoms with van der Waals surface area (Å²) in [5.74, 6) is 1.12. The Morgan fingerprint density at radius 1 is 1.13 bits per heavy atom. The van der Waals surface area contributed by atoms with E-state index in [0.29, 0.717) is 34.4 Å². The van der Waals surface area contributed by atoms with E-state index in [1.807, 2.05) is 62.4 Å². The zero-order chi connectivity index (χ0) is 27.1. The summed E-state index contributed by atoms with van der Waals surface area (Å²) >= 11 is 6.46. The first-order valence-electron chi connectivity index (χ1n) is 12.7. The summed E-state index contributed by atoms with van der Waals surface area (Å²) in [5.41, 5.74) is 5.71. The summed E-state index contributed by atoms with van der Waals surface area (Å²) in [4.78, 5) is 18.6. The molecule has 0 radical (unpaired) electrons. The monoisotopic (exact) mass is 526 g/mol. The van der Waals surface area contributed by atoms with Crippen LogP contribution in [0.4, 0.5) is 0 Å². The maximum atomic E-state index is 13.8. The first-order valence-corrected chi connectivity index (χ1v) is 13.0. The molecule has 0 amide bonds. The average Bonchev–Trinajstić information content (AvgIpc) is 3.47. The van der Waals surface area contributed by atoms with Crippen LogP contribution >= 0.6 is 11.6 Å². The summed E-state index contributed by atoms with van der Waals surface area (Å²) in [6, 6.07) is 16.1.